The summed E-state index contributed by atoms with van der Waals surface area (Å²) >= 11 is 0. The molecule has 3 heterocycles. The van der Waals surface area contributed by atoms with Gasteiger partial charge in [0.15, 0.2) is 0 Å². The number of nitrogens with zero attached hydrogens (tertiary/aromatic N) is 4. The molecule has 4 rings (SSSR count). The molecule has 0 radical (unpaired) electrons. The van der Waals surface area contributed by atoms with Crippen LogP contribution < -0.4 is 5.32 Å². The van der Waals surface area contributed by atoms with Gasteiger partial charge in [-0.2, -0.15) is 10.2 Å². The van der Waals surface area contributed by atoms with E-state index in [1.165, 1.54) is 12.1 Å². The summed E-state index contributed by atoms with van der Waals surface area (Å²) in [6.45, 7) is 8.00. The highest BCUT2D eigenvalue weighted by molar-refractivity contribution is 5.94. The van der Waals surface area contributed by atoms with Crippen LogP contribution in [-0.4, -0.2) is 25.5 Å². The first kappa shape index (κ1) is 17.5. The van der Waals surface area contributed by atoms with Crippen molar-refractivity contribution >= 4 is 11.7 Å². The molecule has 1 aliphatic heterocycles. The first-order valence-electron chi connectivity index (χ1n) is 9.06. The highest BCUT2D eigenvalue weighted by Gasteiger charge is 2.34. The minimum Gasteiger partial charge on any atom is -0.311 e. The van der Waals surface area contributed by atoms with Gasteiger partial charge in [-0.3, -0.25) is 4.79 Å². The lowest BCUT2D eigenvalue weighted by atomic mass is 9.86. The van der Waals surface area contributed by atoms with Crippen LogP contribution in [0.25, 0.3) is 5.69 Å². The number of amides is 1. The SMILES string of the molecule is Cc1nn(-c2ccc(F)cc2)c(C)c1[C@H]1CC(=O)Nc2c1cnn2C(C)C. The summed E-state index contributed by atoms with van der Waals surface area (Å²) in [5.41, 5.74) is 4.63. The first-order chi connectivity index (χ1) is 12.9. The summed E-state index contributed by atoms with van der Waals surface area (Å²) in [6, 6.07) is 6.40. The van der Waals surface area contributed by atoms with Crippen LogP contribution in [0, 0.1) is 19.7 Å². The van der Waals surface area contributed by atoms with Gasteiger partial charge in [0.05, 0.1) is 17.6 Å². The van der Waals surface area contributed by atoms with Gasteiger partial charge in [-0.05, 0) is 52.0 Å². The molecule has 6 nitrogen and oxygen atoms in total. The second-order valence-corrected chi connectivity index (χ2v) is 7.26. The minimum atomic E-state index is -0.282. The summed E-state index contributed by atoms with van der Waals surface area (Å²) in [6.07, 6.45) is 2.20. The van der Waals surface area contributed by atoms with E-state index in [2.05, 4.69) is 15.5 Å². The highest BCUT2D eigenvalue weighted by Crippen LogP contribution is 2.40. The quantitative estimate of drug-likeness (QED) is 0.764. The van der Waals surface area contributed by atoms with Crippen molar-refractivity contribution in [1.29, 1.82) is 0 Å². The number of hydrogen-bond donors (Lipinski definition) is 1. The predicted molar refractivity (Wildman–Crippen MR) is 101 cm³/mol. The number of hydrogen-bond acceptors (Lipinski definition) is 3. The Morgan fingerprint density at radius 3 is 2.59 bits per heavy atom. The Labute approximate surface area is 157 Å². The Bertz CT molecular complexity index is 1020. The smallest absolute Gasteiger partial charge is 0.226 e. The molecule has 1 aliphatic rings. The molecule has 0 saturated heterocycles. The highest BCUT2D eigenvalue weighted by atomic mass is 19.1. The fraction of sp³-hybridized carbons (Fsp3) is 0.350. The molecule has 1 atom stereocenters. The van der Waals surface area contributed by atoms with Gasteiger partial charge in [-0.1, -0.05) is 0 Å². The fourth-order valence-corrected chi connectivity index (χ4v) is 3.88. The standard InChI is InChI=1S/C20H22FN5O/c1-11(2)25-20-17(10-22-25)16(9-18(27)23-20)19-12(3)24-26(13(19)4)15-7-5-14(21)6-8-15/h5-8,10-11,16H,9H2,1-4H3,(H,23,27)/t16-/m0/s1. The first-order valence-corrected chi connectivity index (χ1v) is 9.06. The van der Waals surface area contributed by atoms with E-state index in [1.54, 1.807) is 12.1 Å². The zero-order valence-electron chi connectivity index (χ0n) is 15.8. The van der Waals surface area contributed by atoms with E-state index in [0.29, 0.717) is 6.42 Å². The number of nitrogens with one attached hydrogen (secondary N) is 1. The number of aryl methyl sites for hydroxylation is 1. The van der Waals surface area contributed by atoms with Crippen LogP contribution in [0.1, 0.15) is 54.7 Å². The van der Waals surface area contributed by atoms with Crippen molar-refractivity contribution < 1.29 is 9.18 Å². The lowest BCUT2D eigenvalue weighted by Gasteiger charge is -2.24. The Morgan fingerprint density at radius 2 is 1.93 bits per heavy atom. The van der Waals surface area contributed by atoms with Gasteiger partial charge in [0.2, 0.25) is 5.91 Å². The van der Waals surface area contributed by atoms with Crippen LogP contribution >= 0.6 is 0 Å². The van der Waals surface area contributed by atoms with E-state index in [4.69, 9.17) is 0 Å². The van der Waals surface area contributed by atoms with Crippen molar-refractivity contribution in [2.75, 3.05) is 5.32 Å². The van der Waals surface area contributed by atoms with Crippen molar-refractivity contribution in [3.8, 4) is 5.69 Å². The number of fused-ring (bicyclic) bond motifs is 1. The van der Waals surface area contributed by atoms with Gasteiger partial charge in [0.25, 0.3) is 0 Å². The maximum absolute atomic E-state index is 13.3. The van der Waals surface area contributed by atoms with Crippen molar-refractivity contribution in [1.82, 2.24) is 19.6 Å². The number of carbonyl (C=O) groups excluding carboxylic acids is 1. The largest absolute Gasteiger partial charge is 0.311 e. The van der Waals surface area contributed by atoms with Crippen molar-refractivity contribution in [2.24, 2.45) is 0 Å². The molecular formula is C20H22FN5O. The van der Waals surface area contributed by atoms with Crippen LogP contribution in [0.5, 0.6) is 0 Å². The molecule has 2 aromatic heterocycles. The fourth-order valence-electron chi connectivity index (χ4n) is 3.88. The number of rotatable bonds is 3. The zero-order valence-corrected chi connectivity index (χ0v) is 15.8. The molecule has 0 spiro atoms. The maximum Gasteiger partial charge on any atom is 0.226 e. The molecule has 1 N–H and O–H groups in total. The molecule has 0 unspecified atom stereocenters. The van der Waals surface area contributed by atoms with E-state index < -0.39 is 0 Å². The average molecular weight is 367 g/mol. The molecule has 7 heteroatoms. The molecule has 1 aromatic carbocycles. The van der Waals surface area contributed by atoms with Crippen LogP contribution in [0.4, 0.5) is 10.2 Å². The minimum absolute atomic E-state index is 0.0248. The number of aromatic nitrogens is 4. The second-order valence-electron chi connectivity index (χ2n) is 7.26. The third-order valence-corrected chi connectivity index (χ3v) is 5.10. The molecule has 3 aromatic rings. The molecule has 1 amide bonds. The Kier molecular flexibility index (Phi) is 4.09. The normalized spacial score (nSPS) is 16.5. The Morgan fingerprint density at radius 1 is 1.22 bits per heavy atom. The van der Waals surface area contributed by atoms with Crippen LogP contribution in [0.15, 0.2) is 30.5 Å². The summed E-state index contributed by atoms with van der Waals surface area (Å²) in [5, 5.41) is 12.1. The van der Waals surface area contributed by atoms with Gasteiger partial charge in [0.1, 0.15) is 11.6 Å². The summed E-state index contributed by atoms with van der Waals surface area (Å²) in [4.78, 5) is 12.4. The lowest BCUT2D eigenvalue weighted by molar-refractivity contribution is -0.116. The molecule has 0 aliphatic carbocycles. The Hall–Kier alpha value is -2.96. The van der Waals surface area contributed by atoms with Gasteiger partial charge in [-0.25, -0.2) is 13.8 Å². The number of anilines is 1. The molecular weight excluding hydrogens is 345 g/mol. The van der Waals surface area contributed by atoms with E-state index in [-0.39, 0.29) is 23.7 Å². The summed E-state index contributed by atoms with van der Waals surface area (Å²) in [5.74, 6) is 0.355. The maximum atomic E-state index is 13.3. The van der Waals surface area contributed by atoms with Crippen molar-refractivity contribution in [2.45, 2.75) is 46.1 Å². The summed E-state index contributed by atoms with van der Waals surface area (Å²) in [7, 11) is 0. The molecule has 0 bridgehead atoms. The van der Waals surface area contributed by atoms with Crippen LogP contribution in [0.3, 0.4) is 0 Å². The second kappa shape index (κ2) is 6.33. The van der Waals surface area contributed by atoms with E-state index in [9.17, 15) is 9.18 Å². The third-order valence-electron chi connectivity index (χ3n) is 5.10. The summed E-state index contributed by atoms with van der Waals surface area (Å²) < 4.78 is 16.9. The lowest BCUT2D eigenvalue weighted by Crippen LogP contribution is -2.25. The molecule has 0 fully saturated rings. The average Bonchev–Trinajstić information content (AvgIpc) is 3.16. The monoisotopic (exact) mass is 367 g/mol. The topological polar surface area (TPSA) is 64.7 Å². The predicted octanol–water partition coefficient (Wildman–Crippen LogP) is 3.88. The van der Waals surface area contributed by atoms with Crippen molar-refractivity contribution in [3.05, 3.63) is 58.8 Å². The van der Waals surface area contributed by atoms with Gasteiger partial charge < -0.3 is 5.32 Å². The number of halogens is 1. The van der Waals surface area contributed by atoms with E-state index >= 15 is 0 Å². The van der Waals surface area contributed by atoms with Crippen LogP contribution in [0.2, 0.25) is 0 Å². The third kappa shape index (κ3) is 2.83. The number of carbonyl (C=O) groups is 1. The van der Waals surface area contributed by atoms with E-state index in [1.807, 2.05) is 43.3 Å². The van der Waals surface area contributed by atoms with Gasteiger partial charge in [0, 0.05) is 35.2 Å². The molecule has 27 heavy (non-hydrogen) atoms. The molecule has 140 valence electrons. The zero-order chi connectivity index (χ0) is 19.3. The number of benzene rings is 1. The van der Waals surface area contributed by atoms with Gasteiger partial charge in [-0.15, -0.1) is 0 Å². The van der Waals surface area contributed by atoms with Crippen LogP contribution in [-0.2, 0) is 4.79 Å². The molecule has 0 saturated carbocycles. The van der Waals surface area contributed by atoms with E-state index in [0.717, 1.165) is 34.0 Å². The Balaban J connectivity index is 1.83. The van der Waals surface area contributed by atoms with Crippen molar-refractivity contribution in [3.63, 3.8) is 0 Å². The van der Waals surface area contributed by atoms with Gasteiger partial charge >= 0.3 is 0 Å².